The average molecular weight is 423 g/mol. The minimum absolute atomic E-state index is 0.186. The first-order valence-electron chi connectivity index (χ1n) is 6.03. The maximum Gasteiger partial charge on any atom is 0.219 e. The molecule has 1 aromatic rings. The van der Waals surface area contributed by atoms with Gasteiger partial charge in [-0.1, -0.05) is 0 Å². The van der Waals surface area contributed by atoms with Crippen molar-refractivity contribution in [2.45, 2.75) is 25.8 Å². The third-order valence-electron chi connectivity index (χ3n) is 3.23. The van der Waals surface area contributed by atoms with E-state index in [2.05, 4.69) is 62.0 Å². The van der Waals surface area contributed by atoms with Gasteiger partial charge < -0.3 is 10.2 Å². The largest absolute Gasteiger partial charge is 0.382 e. The van der Waals surface area contributed by atoms with Crippen molar-refractivity contribution in [2.24, 2.45) is 0 Å². The van der Waals surface area contributed by atoms with Gasteiger partial charge in [-0.2, -0.15) is 0 Å². The van der Waals surface area contributed by atoms with Gasteiger partial charge in [-0.05, 0) is 69.6 Å². The van der Waals surface area contributed by atoms with Gasteiger partial charge in [0.15, 0.2) is 0 Å². The smallest absolute Gasteiger partial charge is 0.219 e. The first-order valence-corrected chi connectivity index (χ1v) is 7.90. The first-order chi connectivity index (χ1) is 8.56. The van der Waals surface area contributed by atoms with Crippen molar-refractivity contribution in [1.82, 2.24) is 4.90 Å². The van der Waals surface area contributed by atoms with E-state index < -0.39 is 0 Å². The summed E-state index contributed by atoms with van der Waals surface area (Å²) in [5.74, 6) is 0.186. The van der Waals surface area contributed by atoms with Crippen molar-refractivity contribution >= 4 is 50.1 Å². The first kappa shape index (κ1) is 14.1. The van der Waals surface area contributed by atoms with Crippen LogP contribution in [0.5, 0.6) is 0 Å². The summed E-state index contributed by atoms with van der Waals surface area (Å²) in [6, 6.07) is 6.77. The topological polar surface area (TPSA) is 32.3 Å². The summed E-state index contributed by atoms with van der Waals surface area (Å²) >= 11 is 5.84. The standard InChI is InChI=1S/C13H16BrIN2O/c1-9(18)17-6-4-10(5-7-17)16-11-2-3-13(15)12(14)8-11/h2-3,8,10,16H,4-7H2,1H3. The molecular weight excluding hydrogens is 407 g/mol. The van der Waals surface area contributed by atoms with Crippen LogP contribution in [0, 0.1) is 3.57 Å². The lowest BCUT2D eigenvalue weighted by Crippen LogP contribution is -2.41. The van der Waals surface area contributed by atoms with Crippen molar-refractivity contribution in [3.8, 4) is 0 Å². The Balaban J connectivity index is 1.91. The molecule has 0 atom stereocenters. The van der Waals surface area contributed by atoms with E-state index in [1.807, 2.05) is 4.90 Å². The minimum Gasteiger partial charge on any atom is -0.382 e. The molecule has 18 heavy (non-hydrogen) atoms. The van der Waals surface area contributed by atoms with Gasteiger partial charge >= 0.3 is 0 Å². The second-order valence-electron chi connectivity index (χ2n) is 4.55. The molecule has 0 spiro atoms. The van der Waals surface area contributed by atoms with E-state index in [0.717, 1.165) is 36.1 Å². The number of likely N-dealkylation sites (tertiary alicyclic amines) is 1. The van der Waals surface area contributed by atoms with E-state index in [-0.39, 0.29) is 5.91 Å². The Morgan fingerprint density at radius 2 is 2.11 bits per heavy atom. The third kappa shape index (κ3) is 3.60. The van der Waals surface area contributed by atoms with Crippen LogP contribution >= 0.6 is 38.5 Å². The van der Waals surface area contributed by atoms with Gasteiger partial charge in [-0.25, -0.2) is 0 Å². The second kappa shape index (κ2) is 6.23. The fraction of sp³-hybridized carbons (Fsp3) is 0.462. The highest BCUT2D eigenvalue weighted by Gasteiger charge is 2.20. The number of hydrogen-bond acceptors (Lipinski definition) is 2. The summed E-state index contributed by atoms with van der Waals surface area (Å²) in [6.07, 6.45) is 2.03. The zero-order valence-electron chi connectivity index (χ0n) is 10.2. The summed E-state index contributed by atoms with van der Waals surface area (Å²) in [6.45, 7) is 3.36. The van der Waals surface area contributed by atoms with Gasteiger partial charge in [0, 0.05) is 39.8 Å². The molecule has 1 aromatic carbocycles. The molecule has 0 saturated carbocycles. The molecule has 1 N–H and O–H groups in total. The lowest BCUT2D eigenvalue weighted by atomic mass is 10.0. The van der Waals surface area contributed by atoms with Crippen LogP contribution < -0.4 is 5.32 Å². The summed E-state index contributed by atoms with van der Waals surface area (Å²) in [5, 5.41) is 3.54. The van der Waals surface area contributed by atoms with Crippen molar-refractivity contribution in [3.05, 3.63) is 26.2 Å². The monoisotopic (exact) mass is 422 g/mol. The lowest BCUT2D eigenvalue weighted by molar-refractivity contribution is -0.129. The molecule has 98 valence electrons. The summed E-state index contributed by atoms with van der Waals surface area (Å²) < 4.78 is 2.33. The Hall–Kier alpha value is -0.300. The molecule has 2 rings (SSSR count). The molecule has 1 aliphatic heterocycles. The fourth-order valence-electron chi connectivity index (χ4n) is 2.16. The normalized spacial score (nSPS) is 16.7. The predicted molar refractivity (Wildman–Crippen MR) is 85.8 cm³/mol. The van der Waals surface area contributed by atoms with Crippen LogP contribution in [-0.4, -0.2) is 29.9 Å². The van der Waals surface area contributed by atoms with Crippen LogP contribution in [0.4, 0.5) is 5.69 Å². The van der Waals surface area contributed by atoms with Gasteiger partial charge in [0.1, 0.15) is 0 Å². The van der Waals surface area contributed by atoms with Crippen molar-refractivity contribution in [1.29, 1.82) is 0 Å². The number of nitrogens with one attached hydrogen (secondary N) is 1. The highest BCUT2D eigenvalue weighted by Crippen LogP contribution is 2.24. The molecular formula is C13H16BrIN2O. The number of piperidine rings is 1. The van der Waals surface area contributed by atoms with Crippen molar-refractivity contribution in [3.63, 3.8) is 0 Å². The van der Waals surface area contributed by atoms with E-state index in [4.69, 9.17) is 0 Å². The van der Waals surface area contributed by atoms with Crippen LogP contribution in [0.3, 0.4) is 0 Å². The van der Waals surface area contributed by atoms with Gasteiger partial charge in [0.25, 0.3) is 0 Å². The molecule has 0 aromatic heterocycles. The van der Waals surface area contributed by atoms with Gasteiger partial charge in [-0.15, -0.1) is 0 Å². The molecule has 1 fully saturated rings. The maximum atomic E-state index is 11.2. The molecule has 0 radical (unpaired) electrons. The van der Waals surface area contributed by atoms with E-state index in [0.29, 0.717) is 6.04 Å². The molecule has 0 aliphatic carbocycles. The quantitative estimate of drug-likeness (QED) is 0.740. The number of nitrogens with zero attached hydrogens (tertiary/aromatic N) is 1. The maximum absolute atomic E-state index is 11.2. The second-order valence-corrected chi connectivity index (χ2v) is 6.57. The van der Waals surface area contributed by atoms with Crippen molar-refractivity contribution < 1.29 is 4.79 Å². The molecule has 1 amide bonds. The van der Waals surface area contributed by atoms with Crippen LogP contribution in [0.2, 0.25) is 0 Å². The molecule has 1 aliphatic rings. The van der Waals surface area contributed by atoms with Crippen LogP contribution in [-0.2, 0) is 4.79 Å². The number of benzene rings is 1. The molecule has 0 bridgehead atoms. The Kier molecular flexibility index (Phi) is 4.89. The predicted octanol–water partition coefficient (Wildman–Crippen LogP) is 3.48. The number of halogens is 2. The minimum atomic E-state index is 0.186. The SMILES string of the molecule is CC(=O)N1CCC(Nc2ccc(I)c(Br)c2)CC1. The fourth-order valence-corrected chi connectivity index (χ4v) is 2.87. The molecule has 5 heteroatoms. The zero-order valence-corrected chi connectivity index (χ0v) is 14.0. The van der Waals surface area contributed by atoms with E-state index in [9.17, 15) is 4.79 Å². The summed E-state index contributed by atoms with van der Waals surface area (Å²) in [5.41, 5.74) is 1.14. The van der Waals surface area contributed by atoms with Crippen LogP contribution in [0.15, 0.2) is 22.7 Å². The van der Waals surface area contributed by atoms with Crippen LogP contribution in [0.25, 0.3) is 0 Å². The number of rotatable bonds is 2. The number of carbonyl (C=O) groups is 1. The Morgan fingerprint density at radius 1 is 1.44 bits per heavy atom. The number of carbonyl (C=O) groups excluding carboxylic acids is 1. The Morgan fingerprint density at radius 3 is 2.67 bits per heavy atom. The van der Waals surface area contributed by atoms with Crippen molar-refractivity contribution in [2.75, 3.05) is 18.4 Å². The highest BCUT2D eigenvalue weighted by molar-refractivity contribution is 14.1. The number of hydrogen-bond donors (Lipinski definition) is 1. The number of anilines is 1. The third-order valence-corrected chi connectivity index (χ3v) is 5.57. The van der Waals surface area contributed by atoms with Gasteiger partial charge in [0.05, 0.1) is 0 Å². The molecule has 1 heterocycles. The summed E-state index contributed by atoms with van der Waals surface area (Å²) in [7, 11) is 0. The van der Waals surface area contributed by atoms with E-state index in [1.54, 1.807) is 6.92 Å². The average Bonchev–Trinajstić information content (AvgIpc) is 2.34. The Labute approximate surface area is 130 Å². The molecule has 1 saturated heterocycles. The number of amides is 1. The molecule has 3 nitrogen and oxygen atoms in total. The Bertz CT molecular complexity index is 445. The van der Waals surface area contributed by atoms with E-state index >= 15 is 0 Å². The summed E-state index contributed by atoms with van der Waals surface area (Å²) in [4.78, 5) is 13.2. The lowest BCUT2D eigenvalue weighted by Gasteiger charge is -2.32. The zero-order chi connectivity index (χ0) is 13.1. The van der Waals surface area contributed by atoms with Gasteiger partial charge in [0.2, 0.25) is 5.91 Å². The van der Waals surface area contributed by atoms with Crippen LogP contribution in [0.1, 0.15) is 19.8 Å². The highest BCUT2D eigenvalue weighted by atomic mass is 127. The van der Waals surface area contributed by atoms with Gasteiger partial charge in [-0.3, -0.25) is 4.79 Å². The molecule has 0 unspecified atom stereocenters. The van der Waals surface area contributed by atoms with E-state index in [1.165, 1.54) is 3.57 Å².